The second-order valence-electron chi connectivity index (χ2n) is 12.4. The molecule has 0 atom stereocenters. The standard InChI is InChI=1S/2C22H17BN2O2/c2*26-23(27)19-13-7-12-18(14-19)21-15-20(16-8-3-1-4-9-16)24-22(25-21)17-10-5-2-6-11-17/h2*1-15,26-27H. The van der Waals surface area contributed by atoms with Gasteiger partial charge in [0.1, 0.15) is 0 Å². The predicted molar refractivity (Wildman–Crippen MR) is 216 cm³/mol. The van der Waals surface area contributed by atoms with Crippen LogP contribution < -0.4 is 10.9 Å². The van der Waals surface area contributed by atoms with Crippen molar-refractivity contribution >= 4 is 25.2 Å². The summed E-state index contributed by atoms with van der Waals surface area (Å²) >= 11 is 0. The molecule has 0 radical (unpaired) electrons. The topological polar surface area (TPSA) is 132 Å². The van der Waals surface area contributed by atoms with Crippen LogP contribution in [0.25, 0.3) is 67.8 Å². The van der Waals surface area contributed by atoms with Gasteiger partial charge in [-0.25, -0.2) is 19.9 Å². The number of benzene rings is 6. The summed E-state index contributed by atoms with van der Waals surface area (Å²) in [6.45, 7) is 0. The van der Waals surface area contributed by atoms with Crippen LogP contribution in [0.1, 0.15) is 0 Å². The van der Waals surface area contributed by atoms with Crippen LogP contribution in [-0.4, -0.2) is 54.3 Å². The molecular weight excluding hydrogens is 670 g/mol. The Morgan fingerprint density at radius 3 is 0.870 bits per heavy atom. The lowest BCUT2D eigenvalue weighted by Gasteiger charge is -2.10. The number of hydrogen-bond acceptors (Lipinski definition) is 8. The maximum absolute atomic E-state index is 9.48. The smallest absolute Gasteiger partial charge is 0.423 e. The van der Waals surface area contributed by atoms with E-state index < -0.39 is 14.2 Å². The van der Waals surface area contributed by atoms with Gasteiger partial charge >= 0.3 is 14.2 Å². The molecule has 260 valence electrons. The first kappa shape index (κ1) is 35.8. The van der Waals surface area contributed by atoms with Crippen molar-refractivity contribution in [2.75, 3.05) is 0 Å². The number of hydrogen-bond donors (Lipinski definition) is 4. The van der Waals surface area contributed by atoms with E-state index in [-0.39, 0.29) is 0 Å². The maximum atomic E-state index is 9.48. The van der Waals surface area contributed by atoms with Crippen molar-refractivity contribution in [1.82, 2.24) is 19.9 Å². The fourth-order valence-electron chi connectivity index (χ4n) is 5.85. The average molecular weight is 704 g/mol. The van der Waals surface area contributed by atoms with Crippen molar-refractivity contribution in [1.29, 1.82) is 0 Å². The fraction of sp³-hybridized carbons (Fsp3) is 0. The quantitative estimate of drug-likeness (QED) is 0.135. The third-order valence-corrected chi connectivity index (χ3v) is 8.62. The first-order valence-electron chi connectivity index (χ1n) is 17.3. The predicted octanol–water partition coefficient (Wildman–Crippen LogP) is 6.31. The molecule has 0 aliphatic carbocycles. The highest BCUT2D eigenvalue weighted by Crippen LogP contribution is 2.28. The van der Waals surface area contributed by atoms with E-state index in [0.29, 0.717) is 22.6 Å². The van der Waals surface area contributed by atoms with Crippen LogP contribution in [0.15, 0.2) is 182 Å². The Morgan fingerprint density at radius 2 is 0.556 bits per heavy atom. The van der Waals surface area contributed by atoms with Crippen LogP contribution in [-0.2, 0) is 0 Å². The lowest BCUT2D eigenvalue weighted by molar-refractivity contribution is 0.424. The second-order valence-corrected chi connectivity index (χ2v) is 12.4. The van der Waals surface area contributed by atoms with Crippen molar-refractivity contribution < 1.29 is 20.1 Å². The summed E-state index contributed by atoms with van der Waals surface area (Å²) in [7, 11) is -3.04. The van der Waals surface area contributed by atoms with E-state index in [1.54, 1.807) is 36.4 Å². The van der Waals surface area contributed by atoms with Gasteiger partial charge in [0.15, 0.2) is 11.6 Å². The summed E-state index contributed by atoms with van der Waals surface area (Å²) in [6.07, 6.45) is 0. The Labute approximate surface area is 314 Å². The Bertz CT molecular complexity index is 2170. The molecule has 0 fully saturated rings. The minimum Gasteiger partial charge on any atom is -0.423 e. The minimum atomic E-state index is -1.52. The molecule has 6 aromatic carbocycles. The van der Waals surface area contributed by atoms with Crippen molar-refractivity contribution in [3.63, 3.8) is 0 Å². The highest BCUT2D eigenvalue weighted by molar-refractivity contribution is 6.59. The molecule has 10 heteroatoms. The zero-order chi connectivity index (χ0) is 37.3. The van der Waals surface area contributed by atoms with Gasteiger partial charge in [-0.05, 0) is 34.2 Å². The highest BCUT2D eigenvalue weighted by atomic mass is 16.4. The molecule has 0 aliphatic heterocycles. The molecule has 0 saturated heterocycles. The number of rotatable bonds is 8. The molecule has 2 heterocycles. The van der Waals surface area contributed by atoms with Gasteiger partial charge in [0.25, 0.3) is 0 Å². The molecular formula is C44H34B2N4O4. The SMILES string of the molecule is OB(O)c1cccc(-c2cc(-c3ccccc3)nc(-c3ccccc3)n2)c1.OB(O)c1cccc(-c2cc(-c3ccccc3)nc(-c3ccccc3)n2)c1. The van der Waals surface area contributed by atoms with Gasteiger partial charge in [0.2, 0.25) is 0 Å². The normalized spacial score (nSPS) is 10.6. The van der Waals surface area contributed by atoms with Gasteiger partial charge in [0, 0.05) is 22.3 Å². The second kappa shape index (κ2) is 16.9. The highest BCUT2D eigenvalue weighted by Gasteiger charge is 2.16. The first-order chi connectivity index (χ1) is 26.4. The first-order valence-corrected chi connectivity index (χ1v) is 17.3. The molecule has 0 aliphatic rings. The summed E-state index contributed by atoms with van der Waals surface area (Å²) < 4.78 is 0. The zero-order valence-corrected chi connectivity index (χ0v) is 29.1. The molecule has 54 heavy (non-hydrogen) atoms. The van der Waals surface area contributed by atoms with E-state index >= 15 is 0 Å². The number of nitrogens with zero attached hydrogens (tertiary/aromatic N) is 4. The third kappa shape index (κ3) is 8.73. The van der Waals surface area contributed by atoms with E-state index in [9.17, 15) is 20.1 Å². The zero-order valence-electron chi connectivity index (χ0n) is 29.1. The van der Waals surface area contributed by atoms with E-state index in [2.05, 4.69) is 0 Å². The van der Waals surface area contributed by atoms with Gasteiger partial charge in [-0.1, -0.05) is 170 Å². The van der Waals surface area contributed by atoms with Gasteiger partial charge in [-0.2, -0.15) is 0 Å². The average Bonchev–Trinajstić information content (AvgIpc) is 3.25. The summed E-state index contributed by atoms with van der Waals surface area (Å²) in [5, 5.41) is 37.9. The minimum absolute atomic E-state index is 0.425. The lowest BCUT2D eigenvalue weighted by Crippen LogP contribution is -2.29. The van der Waals surface area contributed by atoms with Crippen LogP contribution >= 0.6 is 0 Å². The Kier molecular flexibility index (Phi) is 11.2. The molecule has 0 spiro atoms. The van der Waals surface area contributed by atoms with Crippen molar-refractivity contribution in [3.8, 4) is 67.8 Å². The van der Waals surface area contributed by atoms with Crippen molar-refractivity contribution in [2.45, 2.75) is 0 Å². The third-order valence-electron chi connectivity index (χ3n) is 8.62. The van der Waals surface area contributed by atoms with Crippen LogP contribution in [0.4, 0.5) is 0 Å². The summed E-state index contributed by atoms with van der Waals surface area (Å²) in [6, 6.07) is 57.5. The summed E-state index contributed by atoms with van der Waals surface area (Å²) in [5.74, 6) is 1.25. The van der Waals surface area contributed by atoms with E-state index in [4.69, 9.17) is 19.9 Å². The molecule has 8 rings (SSSR count). The lowest BCUT2D eigenvalue weighted by atomic mass is 9.79. The molecule has 0 bridgehead atoms. The number of aromatic nitrogens is 4. The van der Waals surface area contributed by atoms with Crippen LogP contribution in [0.3, 0.4) is 0 Å². The summed E-state index contributed by atoms with van der Waals surface area (Å²) in [4.78, 5) is 18.9. The van der Waals surface area contributed by atoms with Gasteiger partial charge < -0.3 is 20.1 Å². The Morgan fingerprint density at radius 1 is 0.278 bits per heavy atom. The Hall–Kier alpha value is -6.55. The Balaban J connectivity index is 0.000000167. The van der Waals surface area contributed by atoms with Crippen LogP contribution in [0.2, 0.25) is 0 Å². The molecule has 8 nitrogen and oxygen atoms in total. The van der Waals surface area contributed by atoms with Gasteiger partial charge in [-0.3, -0.25) is 0 Å². The molecule has 0 unspecified atom stereocenters. The van der Waals surface area contributed by atoms with Crippen LogP contribution in [0.5, 0.6) is 0 Å². The van der Waals surface area contributed by atoms with Gasteiger partial charge in [-0.15, -0.1) is 0 Å². The maximum Gasteiger partial charge on any atom is 0.488 e. The molecule has 0 saturated carbocycles. The van der Waals surface area contributed by atoms with Crippen LogP contribution in [0, 0.1) is 0 Å². The molecule has 0 amide bonds. The molecule has 8 aromatic rings. The van der Waals surface area contributed by atoms with Gasteiger partial charge in [0.05, 0.1) is 22.8 Å². The van der Waals surface area contributed by atoms with Crippen molar-refractivity contribution in [2.24, 2.45) is 0 Å². The summed E-state index contributed by atoms with van der Waals surface area (Å²) in [5.41, 5.74) is 9.38. The van der Waals surface area contributed by atoms with E-state index in [0.717, 1.165) is 56.2 Å². The van der Waals surface area contributed by atoms with Crippen molar-refractivity contribution in [3.05, 3.63) is 182 Å². The monoisotopic (exact) mass is 704 g/mol. The fourth-order valence-corrected chi connectivity index (χ4v) is 5.85. The molecule has 2 aromatic heterocycles. The van der Waals surface area contributed by atoms with E-state index in [1.165, 1.54) is 0 Å². The molecule has 4 N–H and O–H groups in total. The largest absolute Gasteiger partial charge is 0.488 e. The van der Waals surface area contributed by atoms with E-state index in [1.807, 2.05) is 146 Å².